The number of fused-ring (bicyclic) bond motifs is 4. The standard InChI is InChI=1S/C44H40ClFN4O8/c1-56-35-21-30(51)22-36(57-2)38(35)39-31-15-16-32-37(42(54)49(40(32)52)29-13-11-28(12-14-29)48-17-19-58-20-18-48)33(31)23-34-41(53)50(47-27-9-7-26(46)8-10-27)43(55)44(34,39)24-3-5-25(45)6-4-24/h3-15,21-22,32-34,37,39,47,51H,16-20,23H2,1-2H3/t32-,33+,34-,37-,39+,44+/m0/s1. The lowest BCUT2D eigenvalue weighted by Crippen LogP contribution is -2.53. The van der Waals surface area contributed by atoms with Crippen LogP contribution >= 0.6 is 11.6 Å². The average molecular weight is 807 g/mol. The zero-order valence-corrected chi connectivity index (χ0v) is 32.4. The normalized spacial score (nSPS) is 26.6. The lowest BCUT2D eigenvalue weighted by Gasteiger charge is -2.51. The van der Waals surface area contributed by atoms with Gasteiger partial charge in [-0.05, 0) is 85.0 Å². The van der Waals surface area contributed by atoms with Gasteiger partial charge in [-0.1, -0.05) is 35.4 Å². The van der Waals surface area contributed by atoms with Crippen molar-refractivity contribution in [2.75, 3.05) is 55.7 Å². The number of carbonyl (C=O) groups is 4. The van der Waals surface area contributed by atoms with E-state index in [1.807, 2.05) is 18.2 Å². The lowest BCUT2D eigenvalue weighted by atomic mass is 9.49. The number of halogens is 2. The van der Waals surface area contributed by atoms with Crippen LogP contribution in [-0.4, -0.2) is 74.3 Å². The third kappa shape index (κ3) is 5.73. The van der Waals surface area contributed by atoms with E-state index in [4.69, 9.17) is 25.8 Å². The second-order valence-corrected chi connectivity index (χ2v) is 15.7. The molecule has 6 atom stereocenters. The molecule has 0 spiro atoms. The zero-order chi connectivity index (χ0) is 40.5. The minimum atomic E-state index is -1.68. The fraction of sp³-hybridized carbons (Fsp3) is 0.318. The molecule has 4 amide bonds. The van der Waals surface area contributed by atoms with Gasteiger partial charge in [0.05, 0.1) is 62.0 Å². The summed E-state index contributed by atoms with van der Waals surface area (Å²) in [6.07, 6.45) is 2.17. The largest absolute Gasteiger partial charge is 0.508 e. The number of anilines is 3. The second kappa shape index (κ2) is 14.5. The summed E-state index contributed by atoms with van der Waals surface area (Å²) in [5.74, 6) is -6.49. The van der Waals surface area contributed by atoms with Gasteiger partial charge in [0.1, 0.15) is 23.1 Å². The molecule has 3 aliphatic heterocycles. The molecule has 298 valence electrons. The van der Waals surface area contributed by atoms with Crippen molar-refractivity contribution < 1.29 is 42.9 Å². The first-order valence-electron chi connectivity index (χ1n) is 19.2. The number of benzene rings is 4. The van der Waals surface area contributed by atoms with Gasteiger partial charge in [-0.25, -0.2) is 4.39 Å². The predicted molar refractivity (Wildman–Crippen MR) is 212 cm³/mol. The summed E-state index contributed by atoms with van der Waals surface area (Å²) in [7, 11) is 2.86. The van der Waals surface area contributed by atoms with Gasteiger partial charge in [0, 0.05) is 47.4 Å². The number of amides is 4. The highest BCUT2D eigenvalue weighted by atomic mass is 35.5. The van der Waals surface area contributed by atoms with Crippen molar-refractivity contribution in [3.8, 4) is 17.2 Å². The SMILES string of the molecule is COc1cc(O)cc(OC)c1[C@H]1C2=CC[C@@H]3C(=O)N(c4ccc(N5CCOCC5)cc4)C(=O)[C@@H]3[C@@H]2C[C@H]2C(=O)N(Nc3ccc(F)cc3)C(=O)[C@@]12c1ccc(Cl)cc1. The third-order valence-electron chi connectivity index (χ3n) is 12.6. The van der Waals surface area contributed by atoms with Crippen LogP contribution in [0.15, 0.2) is 96.6 Å². The predicted octanol–water partition coefficient (Wildman–Crippen LogP) is 6.23. The van der Waals surface area contributed by atoms with Gasteiger partial charge in [0.25, 0.3) is 11.8 Å². The first-order valence-corrected chi connectivity index (χ1v) is 19.6. The van der Waals surface area contributed by atoms with Crippen molar-refractivity contribution >= 4 is 52.3 Å². The van der Waals surface area contributed by atoms with Crippen LogP contribution in [0.5, 0.6) is 17.2 Å². The summed E-state index contributed by atoms with van der Waals surface area (Å²) < 4.78 is 31.3. The van der Waals surface area contributed by atoms with Crippen molar-refractivity contribution in [1.82, 2.24) is 5.01 Å². The smallest absolute Gasteiger partial charge is 0.260 e. The lowest BCUT2D eigenvalue weighted by molar-refractivity contribution is -0.138. The molecule has 0 radical (unpaired) electrons. The maximum Gasteiger partial charge on any atom is 0.260 e. The van der Waals surface area contributed by atoms with E-state index < -0.39 is 52.6 Å². The Bertz CT molecular complexity index is 2330. The van der Waals surface area contributed by atoms with E-state index in [-0.39, 0.29) is 41.9 Å². The van der Waals surface area contributed by atoms with E-state index in [1.165, 1.54) is 55.5 Å². The molecule has 0 unspecified atom stereocenters. The van der Waals surface area contributed by atoms with E-state index in [0.717, 1.165) is 23.8 Å². The Morgan fingerprint density at radius 2 is 1.47 bits per heavy atom. The fourth-order valence-electron chi connectivity index (χ4n) is 10.1. The number of phenols is 1. The number of imide groups is 2. The Kier molecular flexibility index (Phi) is 9.39. The number of allylic oxidation sites excluding steroid dienone is 2. The molecule has 2 N–H and O–H groups in total. The molecule has 58 heavy (non-hydrogen) atoms. The average Bonchev–Trinajstić information content (AvgIpc) is 3.62. The van der Waals surface area contributed by atoms with Crippen molar-refractivity contribution in [1.29, 1.82) is 0 Å². The monoisotopic (exact) mass is 806 g/mol. The topological polar surface area (TPSA) is 138 Å². The van der Waals surface area contributed by atoms with E-state index in [9.17, 15) is 19.1 Å². The number of rotatable bonds is 8. The van der Waals surface area contributed by atoms with Crippen LogP contribution in [0.25, 0.3) is 0 Å². The Morgan fingerprint density at radius 1 is 0.828 bits per heavy atom. The maximum atomic E-state index is 15.5. The van der Waals surface area contributed by atoms with E-state index in [1.54, 1.807) is 36.4 Å². The molecule has 4 aromatic carbocycles. The van der Waals surface area contributed by atoms with Crippen LogP contribution < -0.4 is 24.7 Å². The maximum absolute atomic E-state index is 15.5. The molecule has 4 fully saturated rings. The first kappa shape index (κ1) is 37.6. The summed E-state index contributed by atoms with van der Waals surface area (Å²) in [5.41, 5.74) is 4.51. The molecule has 4 aromatic rings. The van der Waals surface area contributed by atoms with Gasteiger partial charge < -0.3 is 24.2 Å². The van der Waals surface area contributed by atoms with Gasteiger partial charge in [-0.3, -0.25) is 29.5 Å². The molecule has 0 bridgehead atoms. The van der Waals surface area contributed by atoms with Crippen LogP contribution in [0.4, 0.5) is 21.5 Å². The Labute approximate surface area is 338 Å². The van der Waals surface area contributed by atoms with Crippen LogP contribution in [0.3, 0.4) is 0 Å². The molecule has 5 aliphatic rings. The number of carbonyl (C=O) groups excluding carboxylic acids is 4. The molecular formula is C44H40ClFN4O8. The quantitative estimate of drug-likeness (QED) is 0.156. The molecule has 9 rings (SSSR count). The summed E-state index contributed by atoms with van der Waals surface area (Å²) in [6, 6.07) is 22.2. The number of phenolic OH excluding ortho intramolecular Hbond substituents is 1. The second-order valence-electron chi connectivity index (χ2n) is 15.3. The van der Waals surface area contributed by atoms with E-state index in [0.29, 0.717) is 46.3 Å². The molecule has 3 heterocycles. The van der Waals surface area contributed by atoms with Crippen LogP contribution in [0.1, 0.15) is 29.9 Å². The Hall–Kier alpha value is -5.92. The molecular weight excluding hydrogens is 767 g/mol. The number of hydrogen-bond acceptors (Lipinski definition) is 10. The molecule has 14 heteroatoms. The molecule has 12 nitrogen and oxygen atoms in total. The van der Waals surface area contributed by atoms with Crippen LogP contribution in [0, 0.1) is 29.5 Å². The number of nitrogens with one attached hydrogen (secondary N) is 1. The van der Waals surface area contributed by atoms with Crippen molar-refractivity contribution in [3.63, 3.8) is 0 Å². The van der Waals surface area contributed by atoms with Gasteiger partial charge >= 0.3 is 0 Å². The molecule has 3 saturated heterocycles. The first-order chi connectivity index (χ1) is 28.1. The summed E-state index contributed by atoms with van der Waals surface area (Å²) >= 11 is 6.42. The highest BCUT2D eigenvalue weighted by Gasteiger charge is 2.71. The molecule has 1 saturated carbocycles. The van der Waals surface area contributed by atoms with E-state index in [2.05, 4.69) is 10.3 Å². The number of ether oxygens (including phenoxy) is 3. The number of nitrogens with zero attached hydrogens (tertiary/aromatic N) is 3. The molecule has 0 aromatic heterocycles. The molecule has 2 aliphatic carbocycles. The van der Waals surface area contributed by atoms with Gasteiger partial charge in [-0.15, -0.1) is 0 Å². The van der Waals surface area contributed by atoms with E-state index >= 15 is 9.59 Å². The summed E-state index contributed by atoms with van der Waals surface area (Å²) in [4.78, 5) is 63.2. The zero-order valence-electron chi connectivity index (χ0n) is 31.7. The van der Waals surface area contributed by atoms with Crippen molar-refractivity contribution in [3.05, 3.63) is 119 Å². The fourth-order valence-corrected chi connectivity index (χ4v) is 10.2. The number of hydrazine groups is 1. The highest BCUT2D eigenvalue weighted by Crippen LogP contribution is 2.66. The van der Waals surface area contributed by atoms with Gasteiger partial charge in [0.2, 0.25) is 11.8 Å². The van der Waals surface area contributed by atoms with Crippen LogP contribution in [0.2, 0.25) is 5.02 Å². The number of aromatic hydroxyl groups is 1. The van der Waals surface area contributed by atoms with Gasteiger partial charge in [-0.2, -0.15) is 5.01 Å². The summed E-state index contributed by atoms with van der Waals surface area (Å²) in [5, 5.41) is 12.2. The number of morpholine rings is 1. The minimum Gasteiger partial charge on any atom is -0.508 e. The Balaban J connectivity index is 1.21. The number of hydrogen-bond donors (Lipinski definition) is 2. The number of methoxy groups -OCH3 is 2. The van der Waals surface area contributed by atoms with Crippen LogP contribution in [-0.2, 0) is 29.3 Å². The highest BCUT2D eigenvalue weighted by molar-refractivity contribution is 6.30. The third-order valence-corrected chi connectivity index (χ3v) is 12.8. The van der Waals surface area contributed by atoms with Gasteiger partial charge in [0.15, 0.2) is 0 Å². The van der Waals surface area contributed by atoms with Crippen molar-refractivity contribution in [2.45, 2.75) is 24.2 Å². The minimum absolute atomic E-state index is 0.0455. The Morgan fingerprint density at radius 3 is 2.10 bits per heavy atom. The van der Waals surface area contributed by atoms with Crippen molar-refractivity contribution in [2.24, 2.45) is 23.7 Å². The summed E-state index contributed by atoms with van der Waals surface area (Å²) in [6.45, 7) is 2.69.